The first-order chi connectivity index (χ1) is 42.3. The summed E-state index contributed by atoms with van der Waals surface area (Å²) < 4.78 is 60.4. The molecule has 0 radical (unpaired) electrons. The SMILES string of the molecule is CC1(C)CC[C@]2(C(=O)O[C@@H]3O[C@H](CO)[C@@H](O)[C@H](O)[C@H]3O)[C@H](O)C[C@]3(C)C(=CC[C@@H]4[C@]5(C)CC[C@@H](O[C@@H]6O[C@H](CO)[C@@H](O)[C@H](O[C@@H]7O[C@H](CO)[C@@H](O)[C@H](O[C@@H]8O[C@H](CO)[C@@H](O)[C@H](O)[C@H]8O)[C@H]7O)[C@H]6O[C@@H]6O[C@H](CO)[C@@H](O)[C@H](O)[C@H]6O)[C@@](C)(CO)[C@H]5CC[C@]43C)[C@H]2C1. The van der Waals surface area contributed by atoms with Gasteiger partial charge in [0, 0.05) is 5.41 Å². The fourth-order valence-corrected chi connectivity index (χ4v) is 18.1. The van der Waals surface area contributed by atoms with Crippen molar-refractivity contribution in [3.63, 3.8) is 0 Å². The Kier molecular flexibility index (Phi) is 20.9. The first kappa shape index (κ1) is 70.9. The van der Waals surface area contributed by atoms with Crippen molar-refractivity contribution in [1.82, 2.24) is 0 Å². The highest BCUT2D eigenvalue weighted by Crippen LogP contribution is 2.76. The van der Waals surface area contributed by atoms with Gasteiger partial charge >= 0.3 is 5.97 Å². The molecule has 30 nitrogen and oxygen atoms in total. The number of esters is 1. The molecule has 5 aliphatic carbocycles. The van der Waals surface area contributed by atoms with Crippen LogP contribution in [-0.2, 0) is 52.2 Å². The van der Waals surface area contributed by atoms with Gasteiger partial charge < -0.3 is 144 Å². The van der Waals surface area contributed by atoms with Crippen molar-refractivity contribution in [2.45, 2.75) is 265 Å². The Morgan fingerprint density at radius 2 is 0.922 bits per heavy atom. The molecule has 90 heavy (non-hydrogen) atoms. The van der Waals surface area contributed by atoms with Crippen LogP contribution in [0.25, 0.3) is 0 Å². The minimum absolute atomic E-state index is 0.113. The van der Waals surface area contributed by atoms with Gasteiger partial charge in [-0.25, -0.2) is 0 Å². The molecule has 0 aromatic heterocycles. The topological polar surface area (TPSA) is 494 Å². The van der Waals surface area contributed by atoms with E-state index in [0.29, 0.717) is 38.5 Å². The van der Waals surface area contributed by atoms with Crippen LogP contribution in [0.5, 0.6) is 0 Å². The zero-order valence-electron chi connectivity index (χ0n) is 51.5. The molecular formula is C60H98O30. The van der Waals surface area contributed by atoms with E-state index in [4.69, 9.17) is 47.4 Å². The summed E-state index contributed by atoms with van der Waals surface area (Å²) in [5.41, 5.74) is -3.80. The lowest BCUT2D eigenvalue weighted by atomic mass is 9.33. The van der Waals surface area contributed by atoms with Gasteiger partial charge in [0.05, 0.1) is 51.8 Å². The van der Waals surface area contributed by atoms with Crippen molar-refractivity contribution in [3.05, 3.63) is 11.6 Å². The standard InChI is InChI=1S/C60H98O30/c1-55(2)13-14-60(54(80)90-51-44(78)41(75)36(70)27(19-63)83-51)24(15-55)23-7-8-31-56(3)11-10-33(57(4,22-66)30(56)9-12-58(31,5)59(23,6)16-32(60)67)86-53-48(89-50-43(77)40(74)35(69)26(18-62)82-50)47(38(72)29(21-65)85-53)88-52-45(79)46(37(71)28(20-64)84-52)87-49-42(76)39(73)34(68)25(17-61)81-49/h7,24-53,61-79H,8-22H2,1-6H3/t24-,25-,26-,27-,28-,29-,30+,31-,32-,33-,34-,35-,36-,37-,38-,39+,40+,41+,42-,43-,44-,45-,46+,47+,48-,49+,50+,51+,52+,53+,56-,57+,58-,59-,60-/m1/s1. The van der Waals surface area contributed by atoms with Crippen LogP contribution in [0.2, 0.25) is 0 Å². The van der Waals surface area contributed by atoms with Gasteiger partial charge in [0.2, 0.25) is 6.29 Å². The molecule has 0 aromatic rings. The predicted molar refractivity (Wildman–Crippen MR) is 298 cm³/mol. The summed E-state index contributed by atoms with van der Waals surface area (Å²) in [6.07, 6.45) is -42.5. The van der Waals surface area contributed by atoms with E-state index in [-0.39, 0.29) is 36.5 Å². The second-order valence-corrected chi connectivity index (χ2v) is 29.0. The molecule has 5 aliphatic heterocycles. The summed E-state index contributed by atoms with van der Waals surface area (Å²) in [6.45, 7) is 7.77. The molecule has 518 valence electrons. The van der Waals surface area contributed by atoms with Gasteiger partial charge in [-0.2, -0.15) is 0 Å². The number of carbonyl (C=O) groups excluding carboxylic acids is 1. The molecule has 0 spiro atoms. The third kappa shape index (κ3) is 11.6. The number of allylic oxidation sites excluding steroid dienone is 2. The summed E-state index contributed by atoms with van der Waals surface area (Å²) in [4.78, 5) is 14.9. The van der Waals surface area contributed by atoms with Gasteiger partial charge in [0.25, 0.3) is 0 Å². The number of fused-ring (bicyclic) bond motifs is 7. The molecule has 10 rings (SSSR count). The van der Waals surface area contributed by atoms with Crippen LogP contribution in [0, 0.1) is 50.2 Å². The van der Waals surface area contributed by atoms with Gasteiger partial charge in [-0.3, -0.25) is 4.79 Å². The maximum atomic E-state index is 14.9. The Morgan fingerprint density at radius 3 is 1.44 bits per heavy atom. The molecule has 0 amide bonds. The molecule has 19 N–H and O–H groups in total. The van der Waals surface area contributed by atoms with E-state index in [1.807, 2.05) is 6.92 Å². The van der Waals surface area contributed by atoms with E-state index in [2.05, 4.69) is 40.7 Å². The summed E-state index contributed by atoms with van der Waals surface area (Å²) in [7, 11) is 0. The summed E-state index contributed by atoms with van der Waals surface area (Å²) in [6, 6.07) is 0. The maximum Gasteiger partial charge on any atom is 0.317 e. The molecule has 0 aromatic carbocycles. The van der Waals surface area contributed by atoms with Crippen molar-refractivity contribution in [3.8, 4) is 0 Å². The Labute approximate surface area is 520 Å². The highest BCUT2D eigenvalue weighted by Gasteiger charge is 2.73. The number of carbonyl (C=O) groups is 1. The van der Waals surface area contributed by atoms with E-state index in [0.717, 1.165) is 5.57 Å². The summed E-state index contributed by atoms with van der Waals surface area (Å²) in [5.74, 6) is -1.81. The van der Waals surface area contributed by atoms with Crippen molar-refractivity contribution < 1.29 is 149 Å². The van der Waals surface area contributed by atoms with Crippen LogP contribution in [0.4, 0.5) is 0 Å². The average Bonchev–Trinajstić information content (AvgIpc) is 0.673. The number of ether oxygens (including phenoxy) is 10. The lowest BCUT2D eigenvalue weighted by Crippen LogP contribution is -2.70. The summed E-state index contributed by atoms with van der Waals surface area (Å²) in [5, 5.41) is 208. The Hall–Kier alpha value is -1.91. The van der Waals surface area contributed by atoms with E-state index in [9.17, 15) is 102 Å². The number of rotatable bonds is 16. The predicted octanol–water partition coefficient (Wildman–Crippen LogP) is -6.27. The second kappa shape index (κ2) is 26.5. The zero-order chi connectivity index (χ0) is 65.9. The monoisotopic (exact) mass is 1300 g/mol. The first-order valence-electron chi connectivity index (χ1n) is 31.6. The molecule has 30 heteroatoms. The lowest BCUT2D eigenvalue weighted by Gasteiger charge is -2.72. The first-order valence-corrected chi connectivity index (χ1v) is 31.6. The van der Waals surface area contributed by atoms with Gasteiger partial charge in [0.15, 0.2) is 25.2 Å². The largest absolute Gasteiger partial charge is 0.432 e. The van der Waals surface area contributed by atoms with Crippen molar-refractivity contribution in [2.75, 3.05) is 39.6 Å². The van der Waals surface area contributed by atoms with Crippen LogP contribution < -0.4 is 0 Å². The van der Waals surface area contributed by atoms with E-state index < -0.39 is 244 Å². The van der Waals surface area contributed by atoms with Crippen LogP contribution >= 0.6 is 0 Å². The second-order valence-electron chi connectivity index (χ2n) is 29.0. The molecule has 35 atom stereocenters. The molecule has 4 saturated carbocycles. The van der Waals surface area contributed by atoms with Crippen LogP contribution in [0.3, 0.4) is 0 Å². The van der Waals surface area contributed by atoms with E-state index >= 15 is 0 Å². The molecule has 0 bridgehead atoms. The minimum Gasteiger partial charge on any atom is -0.432 e. The third-order valence-electron chi connectivity index (χ3n) is 23.7. The highest BCUT2D eigenvalue weighted by atomic mass is 16.8. The molecule has 5 saturated heterocycles. The molecular weight excluding hydrogens is 1200 g/mol. The normalized spacial score (nSPS) is 54.5. The highest BCUT2D eigenvalue weighted by molar-refractivity contribution is 5.80. The van der Waals surface area contributed by atoms with Gasteiger partial charge in [-0.05, 0) is 97.2 Å². The number of aliphatic hydroxyl groups is 19. The van der Waals surface area contributed by atoms with E-state index in [1.54, 1.807) is 0 Å². The van der Waals surface area contributed by atoms with Crippen molar-refractivity contribution >= 4 is 5.97 Å². The molecule has 9 fully saturated rings. The number of hydrogen-bond acceptors (Lipinski definition) is 30. The number of aliphatic hydroxyl groups excluding tert-OH is 19. The molecule has 5 heterocycles. The number of hydrogen-bond donors (Lipinski definition) is 19. The van der Waals surface area contributed by atoms with Gasteiger partial charge in [-0.15, -0.1) is 0 Å². The average molecular weight is 1300 g/mol. The maximum absolute atomic E-state index is 14.9. The Balaban J connectivity index is 0.948. The quantitative estimate of drug-likeness (QED) is 0.0388. The molecule has 10 aliphatic rings. The van der Waals surface area contributed by atoms with Gasteiger partial charge in [-0.1, -0.05) is 53.2 Å². The smallest absolute Gasteiger partial charge is 0.317 e. The fraction of sp³-hybridized carbons (Fsp3) is 0.950. The van der Waals surface area contributed by atoms with E-state index in [1.165, 1.54) is 0 Å². The molecule has 0 unspecified atom stereocenters. The zero-order valence-corrected chi connectivity index (χ0v) is 51.5. The van der Waals surface area contributed by atoms with Crippen LogP contribution in [0.1, 0.15) is 99.3 Å². The van der Waals surface area contributed by atoms with Crippen LogP contribution in [0.15, 0.2) is 11.6 Å². The Bertz CT molecular complexity index is 2490. The van der Waals surface area contributed by atoms with Crippen molar-refractivity contribution in [2.24, 2.45) is 50.2 Å². The van der Waals surface area contributed by atoms with Crippen molar-refractivity contribution in [1.29, 1.82) is 0 Å². The minimum atomic E-state index is -2.17. The Morgan fingerprint density at radius 1 is 0.467 bits per heavy atom. The van der Waals surface area contributed by atoms with Crippen LogP contribution in [-0.4, -0.2) is 308 Å². The lowest BCUT2D eigenvalue weighted by molar-refractivity contribution is -0.405. The third-order valence-corrected chi connectivity index (χ3v) is 23.7. The van der Waals surface area contributed by atoms with Gasteiger partial charge in [0.1, 0.15) is 127 Å². The fourth-order valence-electron chi connectivity index (χ4n) is 18.1. The summed E-state index contributed by atoms with van der Waals surface area (Å²) >= 11 is 0.